The highest BCUT2D eigenvalue weighted by molar-refractivity contribution is 7.13. The Labute approximate surface area is 233 Å². The van der Waals surface area contributed by atoms with Gasteiger partial charge in [-0.25, -0.2) is 4.98 Å². The summed E-state index contributed by atoms with van der Waals surface area (Å²) in [7, 11) is 0. The van der Waals surface area contributed by atoms with Crippen LogP contribution in [0.4, 0.5) is 5.13 Å². The lowest BCUT2D eigenvalue weighted by Crippen LogP contribution is -2.42. The summed E-state index contributed by atoms with van der Waals surface area (Å²) < 4.78 is 0. The van der Waals surface area contributed by atoms with Crippen LogP contribution in [0.15, 0.2) is 23.6 Å². The molecular formula is C26H37Cl2N5O3S. The Morgan fingerprint density at radius 3 is 2.41 bits per heavy atom. The first-order valence-electron chi connectivity index (χ1n) is 12.6. The minimum absolute atomic E-state index is 0.0783. The Bertz CT molecular complexity index is 1060. The molecule has 0 aliphatic heterocycles. The van der Waals surface area contributed by atoms with Crippen molar-refractivity contribution >= 4 is 57.4 Å². The molecular weight excluding hydrogens is 533 g/mol. The summed E-state index contributed by atoms with van der Waals surface area (Å²) >= 11 is 13.4. The van der Waals surface area contributed by atoms with E-state index < -0.39 is 0 Å². The number of rotatable bonds is 14. The molecule has 2 rings (SSSR count). The van der Waals surface area contributed by atoms with Crippen molar-refractivity contribution < 1.29 is 14.4 Å². The zero-order valence-corrected chi connectivity index (χ0v) is 24.5. The van der Waals surface area contributed by atoms with Gasteiger partial charge in [0.05, 0.1) is 22.7 Å². The first kappa shape index (κ1) is 31.0. The van der Waals surface area contributed by atoms with E-state index in [2.05, 4.69) is 34.4 Å². The van der Waals surface area contributed by atoms with Gasteiger partial charge in [-0.1, -0.05) is 37.0 Å². The molecule has 1 atom stereocenters. The average molecular weight is 571 g/mol. The predicted molar refractivity (Wildman–Crippen MR) is 152 cm³/mol. The molecule has 0 aliphatic carbocycles. The van der Waals surface area contributed by atoms with E-state index in [0.717, 1.165) is 32.5 Å². The van der Waals surface area contributed by atoms with E-state index in [0.29, 0.717) is 15.8 Å². The molecule has 1 aromatic carbocycles. The van der Waals surface area contributed by atoms with Gasteiger partial charge in [-0.2, -0.15) is 0 Å². The lowest BCUT2D eigenvalue weighted by Gasteiger charge is -2.26. The zero-order chi connectivity index (χ0) is 27.5. The summed E-state index contributed by atoms with van der Waals surface area (Å²) in [4.78, 5) is 46.3. The van der Waals surface area contributed by atoms with Crippen molar-refractivity contribution in [3.05, 3.63) is 44.9 Å². The highest BCUT2D eigenvalue weighted by atomic mass is 35.5. The van der Waals surface area contributed by atoms with Gasteiger partial charge in [0.2, 0.25) is 11.8 Å². The third kappa shape index (κ3) is 10.2. The number of carbonyl (C=O) groups excluding carboxylic acids is 3. The number of benzene rings is 1. The Morgan fingerprint density at radius 2 is 1.78 bits per heavy atom. The summed E-state index contributed by atoms with van der Waals surface area (Å²) in [5.74, 6) is -0.858. The number of carbonyl (C=O) groups is 3. The van der Waals surface area contributed by atoms with Crippen LogP contribution in [0.5, 0.6) is 0 Å². The van der Waals surface area contributed by atoms with E-state index in [-0.39, 0.29) is 53.4 Å². The number of hydrogen-bond donors (Lipinski definition) is 2. The van der Waals surface area contributed by atoms with Crippen molar-refractivity contribution in [2.45, 2.75) is 66.0 Å². The van der Waals surface area contributed by atoms with Crippen LogP contribution in [-0.4, -0.2) is 70.8 Å². The molecule has 1 unspecified atom stereocenters. The third-order valence-electron chi connectivity index (χ3n) is 5.91. The quantitative estimate of drug-likeness (QED) is 0.329. The maximum Gasteiger partial charge on any atom is 0.256 e. The summed E-state index contributed by atoms with van der Waals surface area (Å²) in [6.45, 7) is 12.9. The highest BCUT2D eigenvalue weighted by Crippen LogP contribution is 2.23. The van der Waals surface area contributed by atoms with Gasteiger partial charge in [0.25, 0.3) is 5.91 Å². The maximum atomic E-state index is 13.0. The van der Waals surface area contributed by atoms with Gasteiger partial charge in [-0.15, -0.1) is 11.3 Å². The van der Waals surface area contributed by atoms with E-state index in [9.17, 15) is 14.4 Å². The number of halogens is 2. The molecule has 0 fully saturated rings. The number of thiazole rings is 1. The van der Waals surface area contributed by atoms with Gasteiger partial charge in [-0.3, -0.25) is 14.4 Å². The second kappa shape index (κ2) is 15.3. The van der Waals surface area contributed by atoms with Gasteiger partial charge < -0.3 is 20.4 Å². The molecule has 0 radical (unpaired) electrons. The molecule has 1 aromatic heterocycles. The Morgan fingerprint density at radius 1 is 1.08 bits per heavy atom. The van der Waals surface area contributed by atoms with Gasteiger partial charge in [0.1, 0.15) is 6.54 Å². The molecule has 0 saturated heterocycles. The first-order chi connectivity index (χ1) is 17.5. The number of hydrogen-bond acceptors (Lipinski definition) is 6. The molecule has 8 nitrogen and oxygen atoms in total. The zero-order valence-electron chi connectivity index (χ0n) is 22.1. The SMILES string of the molecule is CCN(CC)CCCC(C)NC(=O)Cc1csc(NC(=O)CN(C(=O)c2ccc(Cl)cc2Cl)C(C)C)n1. The maximum absolute atomic E-state index is 13.0. The van der Waals surface area contributed by atoms with Gasteiger partial charge in [0.15, 0.2) is 5.13 Å². The van der Waals surface area contributed by atoms with Crippen LogP contribution in [0.2, 0.25) is 10.0 Å². The Balaban J connectivity index is 1.87. The summed E-state index contributed by atoms with van der Waals surface area (Å²) in [5.41, 5.74) is 0.857. The lowest BCUT2D eigenvalue weighted by atomic mass is 10.1. The summed E-state index contributed by atoms with van der Waals surface area (Å²) in [6, 6.07) is 4.46. The molecule has 204 valence electrons. The van der Waals surface area contributed by atoms with Crippen molar-refractivity contribution in [3.8, 4) is 0 Å². The largest absolute Gasteiger partial charge is 0.353 e. The topological polar surface area (TPSA) is 94.6 Å². The van der Waals surface area contributed by atoms with Crippen LogP contribution < -0.4 is 10.6 Å². The van der Waals surface area contributed by atoms with Crippen LogP contribution in [-0.2, 0) is 16.0 Å². The number of amides is 3. The van der Waals surface area contributed by atoms with E-state index in [1.165, 1.54) is 22.3 Å². The van der Waals surface area contributed by atoms with Gasteiger partial charge in [-0.05, 0) is 71.4 Å². The normalized spacial score (nSPS) is 12.0. The molecule has 0 bridgehead atoms. The fourth-order valence-electron chi connectivity index (χ4n) is 3.79. The fraction of sp³-hybridized carbons (Fsp3) is 0.538. The van der Waals surface area contributed by atoms with E-state index >= 15 is 0 Å². The van der Waals surface area contributed by atoms with E-state index in [4.69, 9.17) is 23.2 Å². The summed E-state index contributed by atoms with van der Waals surface area (Å²) in [5, 5.41) is 8.52. The van der Waals surface area contributed by atoms with Crippen LogP contribution in [0, 0.1) is 0 Å². The number of nitrogens with one attached hydrogen (secondary N) is 2. The predicted octanol–water partition coefficient (Wildman–Crippen LogP) is 5.11. The number of aromatic nitrogens is 1. The minimum atomic E-state index is -0.390. The first-order valence-corrected chi connectivity index (χ1v) is 14.2. The standard InChI is InChI=1S/C26H37Cl2N5O3S/c1-6-32(7-2)12-8-9-18(5)29-23(34)14-20-16-37-26(30-20)31-24(35)15-33(17(3)4)25(36)21-11-10-19(27)13-22(21)28/h10-11,13,16-18H,6-9,12,14-15H2,1-5H3,(H,29,34)(H,30,31,35). The van der Waals surface area contributed by atoms with E-state index in [1.54, 1.807) is 17.5 Å². The van der Waals surface area contributed by atoms with Crippen molar-refractivity contribution in [2.75, 3.05) is 31.5 Å². The molecule has 37 heavy (non-hydrogen) atoms. The molecule has 2 aromatic rings. The van der Waals surface area contributed by atoms with Crippen LogP contribution in [0.1, 0.15) is 63.5 Å². The number of anilines is 1. The van der Waals surface area contributed by atoms with Crippen molar-refractivity contribution in [3.63, 3.8) is 0 Å². The van der Waals surface area contributed by atoms with E-state index in [1.807, 2.05) is 20.8 Å². The third-order valence-corrected chi connectivity index (χ3v) is 7.27. The molecule has 2 N–H and O–H groups in total. The van der Waals surface area contributed by atoms with Crippen LogP contribution in [0.3, 0.4) is 0 Å². The summed E-state index contributed by atoms with van der Waals surface area (Å²) in [6.07, 6.45) is 2.07. The molecule has 3 amide bonds. The monoisotopic (exact) mass is 569 g/mol. The average Bonchev–Trinajstić information content (AvgIpc) is 3.25. The van der Waals surface area contributed by atoms with Crippen molar-refractivity contribution in [2.24, 2.45) is 0 Å². The highest BCUT2D eigenvalue weighted by Gasteiger charge is 2.24. The Hall–Kier alpha value is -2.20. The smallest absolute Gasteiger partial charge is 0.256 e. The fourth-order valence-corrected chi connectivity index (χ4v) is 5.00. The Kier molecular flexibility index (Phi) is 12.8. The van der Waals surface area contributed by atoms with Crippen LogP contribution >= 0.6 is 34.5 Å². The second-order valence-corrected chi connectivity index (χ2v) is 10.9. The van der Waals surface area contributed by atoms with Crippen LogP contribution in [0.25, 0.3) is 0 Å². The van der Waals surface area contributed by atoms with Crippen molar-refractivity contribution in [1.82, 2.24) is 20.1 Å². The number of nitrogens with zero attached hydrogens (tertiary/aromatic N) is 3. The lowest BCUT2D eigenvalue weighted by molar-refractivity contribution is -0.121. The molecule has 0 saturated carbocycles. The second-order valence-electron chi connectivity index (χ2n) is 9.16. The molecule has 1 heterocycles. The van der Waals surface area contributed by atoms with Crippen molar-refractivity contribution in [1.29, 1.82) is 0 Å². The molecule has 0 aliphatic rings. The minimum Gasteiger partial charge on any atom is -0.353 e. The molecule has 0 spiro atoms. The molecule has 11 heteroatoms. The van der Waals surface area contributed by atoms with Gasteiger partial charge in [0, 0.05) is 22.5 Å². The van der Waals surface area contributed by atoms with Gasteiger partial charge >= 0.3 is 0 Å².